The van der Waals surface area contributed by atoms with Crippen LogP contribution >= 0.6 is 11.6 Å². The van der Waals surface area contributed by atoms with Crippen LogP contribution in [0.2, 0.25) is 5.02 Å². The highest BCUT2D eigenvalue weighted by atomic mass is 35.5. The van der Waals surface area contributed by atoms with Gasteiger partial charge in [0.25, 0.3) is 0 Å². The van der Waals surface area contributed by atoms with Crippen molar-refractivity contribution >= 4 is 23.7 Å². The summed E-state index contributed by atoms with van der Waals surface area (Å²) in [5.41, 5.74) is 0.460. The summed E-state index contributed by atoms with van der Waals surface area (Å²) in [6.45, 7) is 7.55. The number of hydrogen-bond donors (Lipinski definition) is 2. The number of halogens is 1. The number of rotatable bonds is 4. The topological polar surface area (TPSA) is 70.7 Å². The smallest absolute Gasteiger partial charge is 0.407 e. The van der Waals surface area contributed by atoms with E-state index in [9.17, 15) is 9.59 Å². The van der Waals surface area contributed by atoms with E-state index in [1.165, 1.54) is 0 Å². The van der Waals surface area contributed by atoms with Crippen LogP contribution in [-0.2, 0) is 10.2 Å². The van der Waals surface area contributed by atoms with Gasteiger partial charge in [0.1, 0.15) is 6.61 Å². The number of hydrogen-bond acceptors (Lipinski definition) is 3. The van der Waals surface area contributed by atoms with Crippen molar-refractivity contribution in [3.63, 3.8) is 0 Å². The fourth-order valence-corrected chi connectivity index (χ4v) is 4.37. The fourth-order valence-electron chi connectivity index (χ4n) is 4.18. The van der Waals surface area contributed by atoms with Crippen LogP contribution in [0.1, 0.15) is 52.0 Å². The van der Waals surface area contributed by atoms with E-state index in [-0.39, 0.29) is 23.0 Å². The van der Waals surface area contributed by atoms with Crippen LogP contribution in [0.15, 0.2) is 24.3 Å². The summed E-state index contributed by atoms with van der Waals surface area (Å²) in [5, 5.41) is 6.41. The van der Waals surface area contributed by atoms with Crippen molar-refractivity contribution in [3.8, 4) is 0 Å². The Morgan fingerprint density at radius 1 is 1.36 bits per heavy atom. The predicted octanol–water partition coefficient (Wildman–Crippen LogP) is 4.07. The van der Waals surface area contributed by atoms with Crippen molar-refractivity contribution in [1.29, 1.82) is 0 Å². The molecule has 3 rings (SSSR count). The molecule has 154 valence electrons. The summed E-state index contributed by atoms with van der Waals surface area (Å²) in [4.78, 5) is 26.2. The summed E-state index contributed by atoms with van der Waals surface area (Å²) in [6.07, 6.45) is 3.03. The number of benzene rings is 1. The van der Waals surface area contributed by atoms with Crippen LogP contribution in [0.4, 0.5) is 9.59 Å². The first-order valence-electron chi connectivity index (χ1n) is 9.94. The van der Waals surface area contributed by atoms with Gasteiger partial charge in [-0.25, -0.2) is 9.59 Å². The number of alkyl carbamates (subject to hydrolysis) is 1. The molecule has 0 aromatic heterocycles. The Labute approximate surface area is 171 Å². The highest BCUT2D eigenvalue weighted by Gasteiger charge is 2.41. The molecule has 1 heterocycles. The van der Waals surface area contributed by atoms with Gasteiger partial charge < -0.3 is 20.3 Å². The maximum absolute atomic E-state index is 12.2. The zero-order chi connectivity index (χ0) is 20.4. The van der Waals surface area contributed by atoms with Crippen LogP contribution in [0.3, 0.4) is 0 Å². The summed E-state index contributed by atoms with van der Waals surface area (Å²) in [6, 6.07) is 8.08. The Kier molecular flexibility index (Phi) is 6.08. The molecule has 1 aromatic carbocycles. The van der Waals surface area contributed by atoms with E-state index in [1.54, 1.807) is 0 Å². The lowest BCUT2D eigenvalue weighted by atomic mass is 9.68. The molecule has 0 bridgehead atoms. The van der Waals surface area contributed by atoms with Crippen molar-refractivity contribution in [2.75, 3.05) is 19.7 Å². The van der Waals surface area contributed by atoms with Gasteiger partial charge in [-0.1, -0.05) is 23.7 Å². The molecule has 2 N–H and O–H groups in total. The third-order valence-electron chi connectivity index (χ3n) is 5.64. The van der Waals surface area contributed by atoms with Crippen molar-refractivity contribution in [2.24, 2.45) is 0 Å². The van der Waals surface area contributed by atoms with E-state index < -0.39 is 6.09 Å². The number of carbonyl (C=O) groups is 2. The maximum atomic E-state index is 12.2. The largest absolute Gasteiger partial charge is 0.449 e. The summed E-state index contributed by atoms with van der Waals surface area (Å²) in [7, 11) is 0. The number of nitrogens with one attached hydrogen (secondary N) is 2. The quantitative estimate of drug-likeness (QED) is 0.790. The van der Waals surface area contributed by atoms with Gasteiger partial charge >= 0.3 is 12.1 Å². The first-order valence-corrected chi connectivity index (χ1v) is 10.3. The first kappa shape index (κ1) is 20.8. The highest BCUT2D eigenvalue weighted by Crippen LogP contribution is 2.42. The second kappa shape index (κ2) is 8.19. The maximum Gasteiger partial charge on any atom is 0.407 e. The molecule has 0 radical (unpaired) electrons. The molecular weight excluding hydrogens is 378 g/mol. The third kappa shape index (κ3) is 4.90. The van der Waals surface area contributed by atoms with Crippen LogP contribution in [0.5, 0.6) is 0 Å². The Morgan fingerprint density at radius 3 is 2.64 bits per heavy atom. The zero-order valence-corrected chi connectivity index (χ0v) is 17.6. The molecular formula is C21H30ClN3O3. The normalized spacial score (nSPS) is 25.4. The van der Waals surface area contributed by atoms with Crippen LogP contribution in [-0.4, -0.2) is 48.3 Å². The van der Waals surface area contributed by atoms with Gasteiger partial charge in [-0.2, -0.15) is 0 Å². The SMILES string of the molecule is CC(C)(C)NC(=O)OCC1(c2cccc(Cl)c2)CCC(N2CCNC2=O)CC1. The number of ether oxygens (including phenoxy) is 1. The third-order valence-corrected chi connectivity index (χ3v) is 5.87. The number of urea groups is 1. The second-order valence-corrected chi connectivity index (χ2v) is 9.33. The monoisotopic (exact) mass is 407 g/mol. The van der Waals surface area contributed by atoms with Gasteiger partial charge in [0.15, 0.2) is 0 Å². The van der Waals surface area contributed by atoms with E-state index in [4.69, 9.17) is 16.3 Å². The molecule has 1 saturated carbocycles. The summed E-state index contributed by atoms with van der Waals surface area (Å²) >= 11 is 6.25. The van der Waals surface area contributed by atoms with E-state index in [0.717, 1.165) is 37.8 Å². The molecule has 7 heteroatoms. The molecule has 1 aromatic rings. The van der Waals surface area contributed by atoms with Crippen molar-refractivity contribution < 1.29 is 14.3 Å². The lowest BCUT2D eigenvalue weighted by Crippen LogP contribution is -2.47. The van der Waals surface area contributed by atoms with Crippen LogP contribution in [0, 0.1) is 0 Å². The average Bonchev–Trinajstić information content (AvgIpc) is 3.05. The van der Waals surface area contributed by atoms with Crippen molar-refractivity contribution in [3.05, 3.63) is 34.9 Å². The fraction of sp³-hybridized carbons (Fsp3) is 0.619. The Balaban J connectivity index is 1.73. The Bertz CT molecular complexity index is 724. The summed E-state index contributed by atoms with van der Waals surface area (Å²) in [5.74, 6) is 0. The number of amides is 3. The van der Waals surface area contributed by atoms with Crippen molar-refractivity contribution in [2.45, 2.75) is 63.5 Å². The number of nitrogens with zero attached hydrogens (tertiary/aromatic N) is 1. The molecule has 6 nitrogen and oxygen atoms in total. The lowest BCUT2D eigenvalue weighted by Gasteiger charge is -2.42. The van der Waals surface area contributed by atoms with Crippen LogP contribution in [0.25, 0.3) is 0 Å². The van der Waals surface area contributed by atoms with E-state index in [0.29, 0.717) is 18.2 Å². The lowest BCUT2D eigenvalue weighted by molar-refractivity contribution is 0.0777. The molecule has 0 atom stereocenters. The molecule has 1 aliphatic heterocycles. The molecule has 2 fully saturated rings. The minimum absolute atomic E-state index is 0.0288. The van der Waals surface area contributed by atoms with Gasteiger partial charge in [0.05, 0.1) is 0 Å². The van der Waals surface area contributed by atoms with Gasteiger partial charge in [0.2, 0.25) is 0 Å². The molecule has 3 amide bonds. The Morgan fingerprint density at radius 2 is 2.07 bits per heavy atom. The molecule has 1 saturated heterocycles. The van der Waals surface area contributed by atoms with Gasteiger partial charge in [-0.3, -0.25) is 0 Å². The predicted molar refractivity (Wildman–Crippen MR) is 110 cm³/mol. The Hall–Kier alpha value is -1.95. The van der Waals surface area contributed by atoms with Gasteiger partial charge in [-0.05, 0) is 64.2 Å². The molecule has 28 heavy (non-hydrogen) atoms. The molecule has 0 spiro atoms. The van der Waals surface area contributed by atoms with Crippen molar-refractivity contribution in [1.82, 2.24) is 15.5 Å². The standard InChI is InChI=1S/C21H30ClN3O3/c1-20(2,3)24-19(27)28-14-21(15-5-4-6-16(22)13-15)9-7-17(8-10-21)25-12-11-23-18(25)26/h4-6,13,17H,7-12,14H2,1-3H3,(H,23,26)(H,24,27). The minimum atomic E-state index is -0.407. The van der Waals surface area contributed by atoms with Gasteiger partial charge in [0, 0.05) is 35.1 Å². The van der Waals surface area contributed by atoms with E-state index >= 15 is 0 Å². The second-order valence-electron chi connectivity index (χ2n) is 8.90. The van der Waals surface area contributed by atoms with E-state index in [2.05, 4.69) is 16.7 Å². The van der Waals surface area contributed by atoms with E-state index in [1.807, 2.05) is 43.9 Å². The summed E-state index contributed by atoms with van der Waals surface area (Å²) < 4.78 is 5.65. The molecule has 1 aliphatic carbocycles. The number of carbonyl (C=O) groups excluding carboxylic acids is 2. The highest BCUT2D eigenvalue weighted by molar-refractivity contribution is 6.30. The van der Waals surface area contributed by atoms with Gasteiger partial charge in [-0.15, -0.1) is 0 Å². The average molecular weight is 408 g/mol. The first-order chi connectivity index (χ1) is 13.2. The van der Waals surface area contributed by atoms with Crippen LogP contribution < -0.4 is 10.6 Å². The zero-order valence-electron chi connectivity index (χ0n) is 16.9. The molecule has 2 aliphatic rings. The molecule has 0 unspecified atom stereocenters. The minimum Gasteiger partial charge on any atom is -0.449 e.